The van der Waals surface area contributed by atoms with Gasteiger partial charge in [-0.15, -0.1) is 5.10 Å². The van der Waals surface area contributed by atoms with Gasteiger partial charge in [0.25, 0.3) is 0 Å². The minimum absolute atomic E-state index is 0.0898. The maximum Gasteiger partial charge on any atom is 0.316 e. The van der Waals surface area contributed by atoms with Crippen LogP contribution in [-0.2, 0) is 4.79 Å². The molecule has 1 aromatic carbocycles. The zero-order valence-corrected chi connectivity index (χ0v) is 15.9. The highest BCUT2D eigenvalue weighted by molar-refractivity contribution is 5.85. The number of likely N-dealkylation sites (tertiary alicyclic amines) is 1. The summed E-state index contributed by atoms with van der Waals surface area (Å²) in [6, 6.07) is 7.73. The van der Waals surface area contributed by atoms with E-state index >= 15 is 0 Å². The summed E-state index contributed by atoms with van der Waals surface area (Å²) < 4.78 is 5.75. The lowest BCUT2D eigenvalue weighted by atomic mass is 9.93. The lowest BCUT2D eigenvalue weighted by molar-refractivity contribution is -0.133. The summed E-state index contributed by atoms with van der Waals surface area (Å²) in [5.74, 6) is 0.508. The summed E-state index contributed by atoms with van der Waals surface area (Å²) in [6.45, 7) is 3.55. The lowest BCUT2D eigenvalue weighted by Gasteiger charge is -2.33. The van der Waals surface area contributed by atoms with Crippen LogP contribution < -0.4 is 5.32 Å². The highest BCUT2D eigenvalue weighted by atomic mass is 16.4. The first-order valence-electron chi connectivity index (χ1n) is 9.85. The Morgan fingerprint density at radius 1 is 1.14 bits per heavy atom. The predicted octanol–water partition coefficient (Wildman–Crippen LogP) is 3.49. The topological polar surface area (TPSA) is 84.1 Å². The van der Waals surface area contributed by atoms with Crippen molar-refractivity contribution >= 4 is 22.7 Å². The van der Waals surface area contributed by atoms with Crippen molar-refractivity contribution in [3.05, 3.63) is 36.7 Å². The van der Waals surface area contributed by atoms with Gasteiger partial charge in [0.1, 0.15) is 6.04 Å². The third-order valence-corrected chi connectivity index (χ3v) is 6.12. The molecule has 144 valence electrons. The molecule has 1 aliphatic heterocycles. The molecule has 5 rings (SSSR count). The zero-order valence-electron chi connectivity index (χ0n) is 15.9. The molecule has 3 heterocycles. The van der Waals surface area contributed by atoms with E-state index in [1.165, 1.54) is 12.8 Å². The number of aromatic nitrogens is 3. The fourth-order valence-electron chi connectivity index (χ4n) is 4.02. The van der Waals surface area contributed by atoms with Crippen molar-refractivity contribution in [1.82, 2.24) is 20.1 Å². The summed E-state index contributed by atoms with van der Waals surface area (Å²) in [7, 11) is 0. The maximum atomic E-state index is 12.7. The zero-order chi connectivity index (χ0) is 19.1. The smallest absolute Gasteiger partial charge is 0.316 e. The summed E-state index contributed by atoms with van der Waals surface area (Å²) in [6.07, 6.45) is 8.50. The molecule has 2 fully saturated rings. The third kappa shape index (κ3) is 3.21. The molecule has 1 spiro atoms. The fraction of sp³-hybridized carbons (Fsp3) is 0.429. The number of hydrogen-bond donors (Lipinski definition) is 1. The van der Waals surface area contributed by atoms with Crippen LogP contribution >= 0.6 is 0 Å². The number of pyridine rings is 1. The fourth-order valence-corrected chi connectivity index (χ4v) is 4.02. The maximum absolute atomic E-state index is 12.7. The molecule has 0 unspecified atom stereocenters. The first-order valence-corrected chi connectivity index (χ1v) is 9.85. The first kappa shape index (κ1) is 17.2. The number of anilines is 1. The van der Waals surface area contributed by atoms with E-state index < -0.39 is 6.04 Å². The van der Waals surface area contributed by atoms with Gasteiger partial charge in [-0.2, -0.15) is 0 Å². The Morgan fingerprint density at radius 2 is 1.96 bits per heavy atom. The highest BCUT2D eigenvalue weighted by Crippen LogP contribution is 2.53. The Labute approximate surface area is 163 Å². The monoisotopic (exact) mass is 377 g/mol. The van der Waals surface area contributed by atoms with Crippen molar-refractivity contribution in [3.63, 3.8) is 0 Å². The summed E-state index contributed by atoms with van der Waals surface area (Å²) in [5.41, 5.74) is 1.38. The second kappa shape index (κ2) is 6.58. The number of amides is 1. The molecular weight excluding hydrogens is 354 g/mol. The second-order valence-corrected chi connectivity index (χ2v) is 8.04. The van der Waals surface area contributed by atoms with E-state index in [0.717, 1.165) is 42.3 Å². The number of fused-ring (bicyclic) bond motifs is 1. The van der Waals surface area contributed by atoms with Crippen LogP contribution in [0.2, 0.25) is 0 Å². The minimum atomic E-state index is -0.401. The predicted molar refractivity (Wildman–Crippen MR) is 106 cm³/mol. The first-order chi connectivity index (χ1) is 13.6. The van der Waals surface area contributed by atoms with Gasteiger partial charge in [0.2, 0.25) is 11.8 Å². The SMILES string of the molecule is C[C@@H](Nc1nnc(-c2ccc3ccncc3c2)o1)C(=O)N1CCC2(CC1)CC2. The van der Waals surface area contributed by atoms with Crippen LogP contribution in [0.4, 0.5) is 6.01 Å². The van der Waals surface area contributed by atoms with Gasteiger partial charge in [-0.25, -0.2) is 0 Å². The van der Waals surface area contributed by atoms with Crippen molar-refractivity contribution in [2.75, 3.05) is 18.4 Å². The molecule has 1 saturated carbocycles. The van der Waals surface area contributed by atoms with E-state index in [9.17, 15) is 4.79 Å². The number of carbonyl (C=O) groups excluding carboxylic acids is 1. The summed E-state index contributed by atoms with van der Waals surface area (Å²) >= 11 is 0. The van der Waals surface area contributed by atoms with Gasteiger partial charge in [0.15, 0.2) is 0 Å². The van der Waals surface area contributed by atoms with E-state index in [1.54, 1.807) is 12.4 Å². The van der Waals surface area contributed by atoms with Crippen LogP contribution in [0.15, 0.2) is 41.1 Å². The van der Waals surface area contributed by atoms with Gasteiger partial charge in [0, 0.05) is 36.4 Å². The molecular formula is C21H23N5O2. The van der Waals surface area contributed by atoms with E-state index in [4.69, 9.17) is 4.42 Å². The molecule has 1 N–H and O–H groups in total. The normalized spacial score (nSPS) is 19.0. The summed E-state index contributed by atoms with van der Waals surface area (Å²) in [4.78, 5) is 18.8. The van der Waals surface area contributed by atoms with Crippen molar-refractivity contribution in [1.29, 1.82) is 0 Å². The number of carbonyl (C=O) groups is 1. The van der Waals surface area contributed by atoms with Crippen molar-refractivity contribution in [2.24, 2.45) is 5.41 Å². The number of hydrogen-bond acceptors (Lipinski definition) is 6. The van der Waals surface area contributed by atoms with Crippen LogP contribution in [0.25, 0.3) is 22.2 Å². The molecule has 28 heavy (non-hydrogen) atoms. The second-order valence-electron chi connectivity index (χ2n) is 8.04. The van der Waals surface area contributed by atoms with Crippen molar-refractivity contribution in [2.45, 2.75) is 38.6 Å². The Bertz CT molecular complexity index is 1020. The number of nitrogens with zero attached hydrogens (tertiary/aromatic N) is 4. The van der Waals surface area contributed by atoms with Gasteiger partial charge in [0.05, 0.1) is 0 Å². The van der Waals surface area contributed by atoms with Gasteiger partial charge in [-0.05, 0) is 61.6 Å². The molecule has 0 radical (unpaired) electrons. The van der Waals surface area contributed by atoms with Gasteiger partial charge >= 0.3 is 6.01 Å². The van der Waals surface area contributed by atoms with Crippen molar-refractivity contribution < 1.29 is 9.21 Å². The Hall–Kier alpha value is -2.96. The van der Waals surface area contributed by atoms with Gasteiger partial charge < -0.3 is 14.6 Å². The average molecular weight is 377 g/mol. The van der Waals surface area contributed by atoms with E-state index in [0.29, 0.717) is 11.3 Å². The van der Waals surface area contributed by atoms with Crippen LogP contribution in [0, 0.1) is 5.41 Å². The molecule has 1 amide bonds. The van der Waals surface area contributed by atoms with Crippen molar-refractivity contribution in [3.8, 4) is 11.5 Å². The van der Waals surface area contributed by atoms with Crippen LogP contribution in [0.1, 0.15) is 32.6 Å². The molecule has 1 saturated heterocycles. The molecule has 0 bridgehead atoms. The number of nitrogens with one attached hydrogen (secondary N) is 1. The van der Waals surface area contributed by atoms with Crippen LogP contribution in [0.5, 0.6) is 0 Å². The van der Waals surface area contributed by atoms with Gasteiger partial charge in [-0.3, -0.25) is 9.78 Å². The molecule has 3 aromatic rings. The van der Waals surface area contributed by atoms with Crippen LogP contribution in [0.3, 0.4) is 0 Å². The molecule has 2 aliphatic rings. The molecule has 1 aliphatic carbocycles. The van der Waals surface area contributed by atoms with E-state index in [2.05, 4.69) is 20.5 Å². The number of benzene rings is 1. The Morgan fingerprint density at radius 3 is 2.75 bits per heavy atom. The third-order valence-electron chi connectivity index (χ3n) is 6.12. The standard InChI is InChI=1S/C21H23N5O2/c1-14(19(27)26-10-7-21(5-6-21)8-11-26)23-20-25-24-18(28-20)16-3-2-15-4-9-22-13-17(15)12-16/h2-4,9,12-14H,5-8,10-11H2,1H3,(H,23,25)/t14-/m1/s1. The van der Waals surface area contributed by atoms with Gasteiger partial charge in [-0.1, -0.05) is 11.2 Å². The quantitative estimate of drug-likeness (QED) is 0.749. The Balaban J connectivity index is 1.25. The largest absolute Gasteiger partial charge is 0.403 e. The van der Waals surface area contributed by atoms with E-state index in [-0.39, 0.29) is 11.9 Å². The number of rotatable bonds is 4. The molecule has 7 nitrogen and oxygen atoms in total. The van der Waals surface area contributed by atoms with E-state index in [1.807, 2.05) is 36.1 Å². The number of piperidine rings is 1. The minimum Gasteiger partial charge on any atom is -0.403 e. The molecule has 7 heteroatoms. The average Bonchev–Trinajstić information content (AvgIpc) is 3.31. The molecule has 1 atom stereocenters. The Kier molecular flexibility index (Phi) is 4.03. The highest BCUT2D eigenvalue weighted by Gasteiger charge is 2.45. The molecule has 2 aromatic heterocycles. The van der Waals surface area contributed by atoms with Crippen LogP contribution in [-0.4, -0.2) is 45.1 Å². The summed E-state index contributed by atoms with van der Waals surface area (Å²) in [5, 5.41) is 13.4. The lowest BCUT2D eigenvalue weighted by Crippen LogP contribution is -2.45.